The number of rotatable bonds is 12. The third kappa shape index (κ3) is 8.90. The standard InChI is InChI=1S/C23H31F2N3O3/c1-3-13-30-16-19-8-6-5-7-18(19)14-27-23(26-4-2)28-15-21(29)17-9-11-20(12-10-17)31-22(24)25/h5-12,21-22,29H,3-4,13-16H2,1-2H3,(H2,26,27,28). The minimum absolute atomic E-state index is 0.0513. The average Bonchev–Trinajstić information content (AvgIpc) is 2.76. The number of hydrogen-bond acceptors (Lipinski definition) is 4. The van der Waals surface area contributed by atoms with Gasteiger partial charge in [-0.3, -0.25) is 0 Å². The summed E-state index contributed by atoms with van der Waals surface area (Å²) in [4.78, 5) is 4.61. The van der Waals surface area contributed by atoms with Crippen molar-refractivity contribution in [2.75, 3.05) is 19.7 Å². The summed E-state index contributed by atoms with van der Waals surface area (Å²) in [5, 5.41) is 16.7. The number of alkyl halides is 2. The van der Waals surface area contributed by atoms with Gasteiger partial charge < -0.3 is 25.2 Å². The fraction of sp³-hybridized carbons (Fsp3) is 0.435. The van der Waals surface area contributed by atoms with Crippen LogP contribution in [0.4, 0.5) is 8.78 Å². The average molecular weight is 436 g/mol. The molecular weight excluding hydrogens is 404 g/mol. The predicted octanol–water partition coefficient (Wildman–Crippen LogP) is 4.00. The number of benzene rings is 2. The highest BCUT2D eigenvalue weighted by atomic mass is 19.3. The summed E-state index contributed by atoms with van der Waals surface area (Å²) in [7, 11) is 0. The number of hydrogen-bond donors (Lipinski definition) is 3. The molecule has 2 aromatic rings. The Morgan fingerprint density at radius 1 is 1.03 bits per heavy atom. The quantitative estimate of drug-likeness (QED) is 0.267. The maximum atomic E-state index is 12.3. The minimum atomic E-state index is -2.88. The summed E-state index contributed by atoms with van der Waals surface area (Å²) >= 11 is 0. The molecule has 3 N–H and O–H groups in total. The SMILES string of the molecule is CCCOCc1ccccc1CN=C(NCC)NCC(O)c1ccc(OC(F)F)cc1. The third-order valence-electron chi connectivity index (χ3n) is 4.43. The van der Waals surface area contributed by atoms with E-state index in [9.17, 15) is 13.9 Å². The topological polar surface area (TPSA) is 75.1 Å². The van der Waals surface area contributed by atoms with E-state index in [1.807, 2.05) is 31.2 Å². The second kappa shape index (κ2) is 13.6. The number of nitrogens with zero attached hydrogens (tertiary/aromatic N) is 1. The molecule has 31 heavy (non-hydrogen) atoms. The van der Waals surface area contributed by atoms with E-state index in [-0.39, 0.29) is 12.3 Å². The fourth-order valence-electron chi connectivity index (χ4n) is 2.87. The van der Waals surface area contributed by atoms with Crippen LogP contribution in [0.2, 0.25) is 0 Å². The van der Waals surface area contributed by atoms with Gasteiger partial charge in [0.15, 0.2) is 5.96 Å². The Morgan fingerprint density at radius 3 is 2.39 bits per heavy atom. The van der Waals surface area contributed by atoms with Crippen molar-refractivity contribution in [3.8, 4) is 5.75 Å². The molecule has 0 saturated carbocycles. The van der Waals surface area contributed by atoms with Crippen molar-refractivity contribution >= 4 is 5.96 Å². The Hall–Kier alpha value is -2.71. The molecule has 1 unspecified atom stereocenters. The Bertz CT molecular complexity index is 801. The van der Waals surface area contributed by atoms with Crippen molar-refractivity contribution in [3.05, 3.63) is 65.2 Å². The summed E-state index contributed by atoms with van der Waals surface area (Å²) in [6, 6.07) is 13.9. The molecule has 0 aromatic heterocycles. The molecule has 0 bridgehead atoms. The van der Waals surface area contributed by atoms with E-state index < -0.39 is 12.7 Å². The van der Waals surface area contributed by atoms with E-state index in [0.29, 0.717) is 31.2 Å². The van der Waals surface area contributed by atoms with Crippen LogP contribution in [0.15, 0.2) is 53.5 Å². The Balaban J connectivity index is 1.95. The first-order chi connectivity index (χ1) is 15.0. The second-order valence-corrected chi connectivity index (χ2v) is 6.86. The molecular formula is C23H31F2N3O3. The number of guanidine groups is 1. The first kappa shape index (κ1) is 24.6. The number of halogens is 2. The highest BCUT2D eigenvalue weighted by Crippen LogP contribution is 2.19. The van der Waals surface area contributed by atoms with Crippen molar-refractivity contribution in [1.29, 1.82) is 0 Å². The second-order valence-electron chi connectivity index (χ2n) is 6.86. The normalized spacial score (nSPS) is 12.6. The Morgan fingerprint density at radius 2 is 1.74 bits per heavy atom. The molecule has 0 aliphatic rings. The largest absolute Gasteiger partial charge is 0.435 e. The van der Waals surface area contributed by atoms with Gasteiger partial charge in [-0.25, -0.2) is 4.99 Å². The molecule has 0 saturated heterocycles. The van der Waals surface area contributed by atoms with Crippen LogP contribution in [0.3, 0.4) is 0 Å². The molecule has 0 aliphatic heterocycles. The maximum Gasteiger partial charge on any atom is 0.387 e. The first-order valence-electron chi connectivity index (χ1n) is 10.4. The van der Waals surface area contributed by atoms with Crippen molar-refractivity contribution in [2.45, 2.75) is 46.1 Å². The van der Waals surface area contributed by atoms with Crippen LogP contribution in [-0.2, 0) is 17.9 Å². The molecule has 2 rings (SSSR count). The zero-order valence-corrected chi connectivity index (χ0v) is 18.0. The highest BCUT2D eigenvalue weighted by Gasteiger charge is 2.10. The van der Waals surface area contributed by atoms with Crippen molar-refractivity contribution in [1.82, 2.24) is 10.6 Å². The van der Waals surface area contributed by atoms with Crippen LogP contribution in [-0.4, -0.2) is 37.4 Å². The lowest BCUT2D eigenvalue weighted by molar-refractivity contribution is -0.0498. The fourth-order valence-corrected chi connectivity index (χ4v) is 2.87. The summed E-state index contributed by atoms with van der Waals surface area (Å²) in [6.07, 6.45) is 0.137. The summed E-state index contributed by atoms with van der Waals surface area (Å²) in [6.45, 7) is 3.77. The molecule has 8 heteroatoms. The van der Waals surface area contributed by atoms with Gasteiger partial charge in [0.05, 0.1) is 19.3 Å². The number of aliphatic hydroxyl groups is 1. The highest BCUT2D eigenvalue weighted by molar-refractivity contribution is 5.79. The van der Waals surface area contributed by atoms with E-state index in [1.54, 1.807) is 12.1 Å². The smallest absolute Gasteiger partial charge is 0.387 e. The molecule has 0 fully saturated rings. The predicted molar refractivity (Wildman–Crippen MR) is 117 cm³/mol. The lowest BCUT2D eigenvalue weighted by atomic mass is 10.1. The molecule has 1 atom stereocenters. The van der Waals surface area contributed by atoms with E-state index in [0.717, 1.165) is 24.2 Å². The summed E-state index contributed by atoms with van der Waals surface area (Å²) < 4.78 is 34.5. The van der Waals surface area contributed by atoms with Crippen LogP contribution in [0, 0.1) is 0 Å². The molecule has 0 spiro atoms. The third-order valence-corrected chi connectivity index (χ3v) is 4.43. The van der Waals surface area contributed by atoms with E-state index in [2.05, 4.69) is 27.3 Å². The minimum Gasteiger partial charge on any atom is -0.435 e. The Kier molecular flexibility index (Phi) is 10.7. The van der Waals surface area contributed by atoms with Crippen LogP contribution < -0.4 is 15.4 Å². The number of aliphatic hydroxyl groups excluding tert-OH is 1. The molecule has 0 heterocycles. The molecule has 0 radical (unpaired) electrons. The summed E-state index contributed by atoms with van der Waals surface area (Å²) in [5.41, 5.74) is 2.76. The van der Waals surface area contributed by atoms with Gasteiger partial charge in [0.1, 0.15) is 5.75 Å². The van der Waals surface area contributed by atoms with Gasteiger partial charge >= 0.3 is 6.61 Å². The molecule has 6 nitrogen and oxygen atoms in total. The summed E-state index contributed by atoms with van der Waals surface area (Å²) in [5.74, 6) is 0.624. The number of ether oxygens (including phenoxy) is 2. The number of aliphatic imine (C=N–C) groups is 1. The van der Waals surface area contributed by atoms with Gasteiger partial charge in [-0.15, -0.1) is 0 Å². The van der Waals surface area contributed by atoms with Gasteiger partial charge in [0, 0.05) is 19.7 Å². The van der Waals surface area contributed by atoms with Crippen LogP contribution in [0.25, 0.3) is 0 Å². The van der Waals surface area contributed by atoms with Gasteiger partial charge in [-0.2, -0.15) is 8.78 Å². The van der Waals surface area contributed by atoms with E-state index in [4.69, 9.17) is 4.74 Å². The van der Waals surface area contributed by atoms with Gasteiger partial charge in [-0.1, -0.05) is 43.3 Å². The van der Waals surface area contributed by atoms with Gasteiger partial charge in [0.25, 0.3) is 0 Å². The number of nitrogens with one attached hydrogen (secondary N) is 2. The molecule has 0 aliphatic carbocycles. The van der Waals surface area contributed by atoms with Crippen molar-refractivity contribution in [2.24, 2.45) is 4.99 Å². The first-order valence-corrected chi connectivity index (χ1v) is 10.4. The van der Waals surface area contributed by atoms with Gasteiger partial charge in [0.2, 0.25) is 0 Å². The molecule has 2 aromatic carbocycles. The van der Waals surface area contributed by atoms with Gasteiger partial charge in [-0.05, 0) is 42.2 Å². The maximum absolute atomic E-state index is 12.3. The van der Waals surface area contributed by atoms with Crippen molar-refractivity contribution in [3.63, 3.8) is 0 Å². The zero-order chi connectivity index (χ0) is 22.5. The van der Waals surface area contributed by atoms with Crippen LogP contribution in [0.1, 0.15) is 43.1 Å². The Labute approximate surface area is 182 Å². The van der Waals surface area contributed by atoms with Crippen LogP contribution >= 0.6 is 0 Å². The zero-order valence-electron chi connectivity index (χ0n) is 18.0. The lowest BCUT2D eigenvalue weighted by Crippen LogP contribution is -2.39. The lowest BCUT2D eigenvalue weighted by Gasteiger charge is -2.16. The van der Waals surface area contributed by atoms with E-state index in [1.165, 1.54) is 12.1 Å². The molecule has 170 valence electrons. The van der Waals surface area contributed by atoms with Crippen molar-refractivity contribution < 1.29 is 23.4 Å². The monoisotopic (exact) mass is 435 g/mol. The molecule has 0 amide bonds. The van der Waals surface area contributed by atoms with E-state index >= 15 is 0 Å². The van der Waals surface area contributed by atoms with Crippen LogP contribution in [0.5, 0.6) is 5.75 Å².